The van der Waals surface area contributed by atoms with E-state index in [1.165, 1.54) is 17.3 Å². The van der Waals surface area contributed by atoms with Gasteiger partial charge in [-0.3, -0.25) is 4.79 Å². The number of anilines is 1. The van der Waals surface area contributed by atoms with Crippen LogP contribution in [-0.2, 0) is 36.0 Å². The Morgan fingerprint density at radius 1 is 1.08 bits per heavy atom. The summed E-state index contributed by atoms with van der Waals surface area (Å²) in [5.74, 6) is 1.98. The quantitative estimate of drug-likeness (QED) is 0.156. The first-order valence-corrected chi connectivity index (χ1v) is 14.0. The van der Waals surface area contributed by atoms with Crippen LogP contribution in [0.4, 0.5) is 5.69 Å². The van der Waals surface area contributed by atoms with Crippen LogP contribution in [0.3, 0.4) is 0 Å². The van der Waals surface area contributed by atoms with Crippen LogP contribution in [0, 0.1) is 0 Å². The number of hydrogen-bond donors (Lipinski definition) is 1. The first-order chi connectivity index (χ1) is 17.8. The van der Waals surface area contributed by atoms with E-state index in [-0.39, 0.29) is 17.1 Å². The molecule has 1 aromatic heterocycles. The molecular formula is C30H40N4O2S. The molecule has 37 heavy (non-hydrogen) atoms. The highest BCUT2D eigenvalue weighted by Crippen LogP contribution is 2.25. The zero-order valence-corrected chi connectivity index (χ0v) is 23.7. The van der Waals surface area contributed by atoms with Gasteiger partial charge >= 0.3 is 0 Å². The van der Waals surface area contributed by atoms with Crippen molar-refractivity contribution in [1.82, 2.24) is 14.8 Å². The van der Waals surface area contributed by atoms with Gasteiger partial charge in [-0.2, -0.15) is 0 Å². The summed E-state index contributed by atoms with van der Waals surface area (Å²) >= 11 is 1.40. The second-order valence-corrected chi connectivity index (χ2v) is 11.0. The lowest BCUT2D eigenvalue weighted by molar-refractivity contribution is -0.113. The van der Waals surface area contributed by atoms with Crippen molar-refractivity contribution in [1.29, 1.82) is 0 Å². The number of ether oxygens (including phenoxy) is 1. The number of carbonyl (C=O) groups excluding carboxylic acids is 1. The van der Waals surface area contributed by atoms with Crippen molar-refractivity contribution in [2.75, 3.05) is 17.7 Å². The second-order valence-electron chi connectivity index (χ2n) is 10.0. The molecule has 7 heteroatoms. The molecule has 0 fully saturated rings. The summed E-state index contributed by atoms with van der Waals surface area (Å²) in [6.45, 7) is 15.9. The third-order valence-corrected chi connectivity index (χ3v) is 7.20. The van der Waals surface area contributed by atoms with Gasteiger partial charge < -0.3 is 14.6 Å². The molecule has 0 saturated carbocycles. The number of thioether (sulfide) groups is 1. The average molecular weight is 521 g/mol. The lowest BCUT2D eigenvalue weighted by Gasteiger charge is -2.19. The van der Waals surface area contributed by atoms with Crippen LogP contribution in [0.15, 0.2) is 60.3 Å². The molecule has 0 aliphatic carbocycles. The number of amides is 1. The van der Waals surface area contributed by atoms with Crippen LogP contribution < -0.4 is 10.1 Å². The molecule has 0 saturated heterocycles. The molecule has 0 bridgehead atoms. The largest absolute Gasteiger partial charge is 0.494 e. The highest BCUT2D eigenvalue weighted by molar-refractivity contribution is 7.99. The number of nitrogens with one attached hydrogen (secondary N) is 1. The molecule has 0 unspecified atom stereocenters. The maximum Gasteiger partial charge on any atom is 0.234 e. The summed E-state index contributed by atoms with van der Waals surface area (Å²) < 4.78 is 7.97. The number of para-hydroxylation sites is 1. The molecule has 2 aromatic carbocycles. The van der Waals surface area contributed by atoms with Crippen LogP contribution in [0.5, 0.6) is 5.75 Å². The fourth-order valence-corrected chi connectivity index (χ4v) is 4.87. The molecule has 0 atom stereocenters. The Labute approximate surface area is 225 Å². The van der Waals surface area contributed by atoms with Crippen molar-refractivity contribution in [2.45, 2.75) is 77.4 Å². The standard InChI is InChI=1S/C30H40N4O2S/c1-7-19-34-26(14-11-20-36-25-17-15-24(16-18-25)30(4,5)6)32-33-29(34)37-21-27(35)31-28-22(8-2)12-10-13-23(28)9-3/h7,10,12-13,15-18H,1,8-9,11,14,19-21H2,2-6H3,(H,31,35). The van der Waals surface area contributed by atoms with Crippen LogP contribution in [0.2, 0.25) is 0 Å². The van der Waals surface area contributed by atoms with Crippen molar-refractivity contribution in [2.24, 2.45) is 0 Å². The highest BCUT2D eigenvalue weighted by atomic mass is 32.2. The summed E-state index contributed by atoms with van der Waals surface area (Å²) in [5, 5.41) is 12.6. The Morgan fingerprint density at radius 3 is 2.35 bits per heavy atom. The number of rotatable bonds is 13. The fraction of sp³-hybridized carbons (Fsp3) is 0.433. The van der Waals surface area contributed by atoms with Gasteiger partial charge in [-0.05, 0) is 53.5 Å². The van der Waals surface area contributed by atoms with E-state index in [2.05, 4.69) is 87.0 Å². The molecule has 0 aliphatic heterocycles. The Balaban J connectivity index is 1.54. The minimum absolute atomic E-state index is 0.0406. The summed E-state index contributed by atoms with van der Waals surface area (Å²) in [7, 11) is 0. The van der Waals surface area contributed by atoms with Gasteiger partial charge in [0.2, 0.25) is 5.91 Å². The molecule has 6 nitrogen and oxygen atoms in total. The number of carbonyl (C=O) groups is 1. The molecule has 1 N–H and O–H groups in total. The third kappa shape index (κ3) is 7.96. The predicted molar refractivity (Wildman–Crippen MR) is 154 cm³/mol. The summed E-state index contributed by atoms with van der Waals surface area (Å²) in [4.78, 5) is 12.8. The van der Waals surface area contributed by atoms with Crippen molar-refractivity contribution < 1.29 is 9.53 Å². The zero-order valence-electron chi connectivity index (χ0n) is 22.8. The van der Waals surface area contributed by atoms with Crippen LogP contribution >= 0.6 is 11.8 Å². The lowest BCUT2D eigenvalue weighted by atomic mass is 9.87. The number of aryl methyl sites for hydroxylation is 3. The average Bonchev–Trinajstić information content (AvgIpc) is 3.26. The Hall–Kier alpha value is -3.06. The topological polar surface area (TPSA) is 69.0 Å². The summed E-state index contributed by atoms with van der Waals surface area (Å²) in [6, 6.07) is 14.5. The molecule has 0 spiro atoms. The fourth-order valence-electron chi connectivity index (χ4n) is 4.10. The van der Waals surface area contributed by atoms with Crippen molar-refractivity contribution in [3.63, 3.8) is 0 Å². The van der Waals surface area contributed by atoms with Gasteiger partial charge in [0.25, 0.3) is 0 Å². The Bertz CT molecular complexity index is 1160. The second kappa shape index (κ2) is 13.5. The summed E-state index contributed by atoms with van der Waals surface area (Å²) in [5.41, 5.74) is 4.67. The van der Waals surface area contributed by atoms with Crippen LogP contribution in [0.1, 0.15) is 63.6 Å². The lowest BCUT2D eigenvalue weighted by Crippen LogP contribution is -2.17. The first-order valence-electron chi connectivity index (χ1n) is 13.1. The van der Waals surface area contributed by atoms with E-state index in [4.69, 9.17) is 4.74 Å². The molecule has 0 aliphatic rings. The maximum absolute atomic E-state index is 12.8. The molecule has 1 heterocycles. The number of nitrogens with zero attached hydrogens (tertiary/aromatic N) is 3. The molecule has 0 radical (unpaired) electrons. The van der Waals surface area contributed by atoms with E-state index in [9.17, 15) is 4.79 Å². The van der Waals surface area contributed by atoms with Crippen molar-refractivity contribution >= 4 is 23.4 Å². The molecule has 3 rings (SSSR count). The normalized spacial score (nSPS) is 11.4. The predicted octanol–water partition coefficient (Wildman–Crippen LogP) is 6.63. The Morgan fingerprint density at radius 2 is 1.76 bits per heavy atom. The van der Waals surface area contributed by atoms with Crippen LogP contribution in [0.25, 0.3) is 0 Å². The van der Waals surface area contributed by atoms with E-state index >= 15 is 0 Å². The van der Waals surface area contributed by atoms with E-state index in [0.717, 1.165) is 59.2 Å². The minimum Gasteiger partial charge on any atom is -0.494 e. The van der Waals surface area contributed by atoms with E-state index < -0.39 is 0 Å². The van der Waals surface area contributed by atoms with Gasteiger partial charge in [-0.1, -0.05) is 82.8 Å². The molecule has 3 aromatic rings. The number of hydrogen-bond acceptors (Lipinski definition) is 5. The van der Waals surface area contributed by atoms with Crippen molar-refractivity contribution in [3.05, 3.63) is 77.6 Å². The number of benzene rings is 2. The van der Waals surface area contributed by atoms with Gasteiger partial charge in [0, 0.05) is 18.7 Å². The Kier molecular flexibility index (Phi) is 10.4. The van der Waals surface area contributed by atoms with Gasteiger partial charge in [0.15, 0.2) is 5.16 Å². The van der Waals surface area contributed by atoms with Crippen molar-refractivity contribution in [3.8, 4) is 5.75 Å². The number of allylic oxidation sites excluding steroid dienone is 1. The minimum atomic E-state index is -0.0406. The monoisotopic (exact) mass is 520 g/mol. The van der Waals surface area contributed by atoms with Gasteiger partial charge in [-0.15, -0.1) is 16.8 Å². The van der Waals surface area contributed by atoms with E-state index in [0.29, 0.717) is 13.2 Å². The third-order valence-electron chi connectivity index (χ3n) is 6.23. The van der Waals surface area contributed by atoms with E-state index in [1.54, 1.807) is 0 Å². The highest BCUT2D eigenvalue weighted by Gasteiger charge is 2.16. The van der Waals surface area contributed by atoms with Gasteiger partial charge in [0.1, 0.15) is 11.6 Å². The van der Waals surface area contributed by atoms with Crippen LogP contribution in [-0.4, -0.2) is 33.0 Å². The van der Waals surface area contributed by atoms with Gasteiger partial charge in [-0.25, -0.2) is 0 Å². The number of aromatic nitrogens is 3. The molecular weight excluding hydrogens is 480 g/mol. The maximum atomic E-state index is 12.8. The van der Waals surface area contributed by atoms with E-state index in [1.807, 2.05) is 22.8 Å². The first kappa shape index (κ1) is 28.5. The molecule has 1 amide bonds. The zero-order chi connectivity index (χ0) is 26.8. The van der Waals surface area contributed by atoms with Gasteiger partial charge in [0.05, 0.1) is 12.4 Å². The summed E-state index contributed by atoms with van der Waals surface area (Å²) in [6.07, 6.45) is 5.13. The molecule has 198 valence electrons. The SMILES string of the molecule is C=CCn1c(CCCOc2ccc(C(C)(C)C)cc2)nnc1SCC(=O)Nc1c(CC)cccc1CC. The smallest absolute Gasteiger partial charge is 0.234 e.